The molecule has 4 rings (SSSR count). The standard InChI is InChI=1S/C22H20F4N2O4S/c1-2-33(30,31)28-12-16(13-28)21(29)27-8-7-14-3-4-17(9-15(14)11-27)32-18-5-6-19(20(23)10-18)22(24,25)26/h2-6,9-10,16H,1,7-8,11-13H2. The lowest BCUT2D eigenvalue weighted by molar-refractivity contribution is -0.140. The van der Waals surface area contributed by atoms with Gasteiger partial charge < -0.3 is 9.64 Å². The van der Waals surface area contributed by atoms with Crippen molar-refractivity contribution in [2.75, 3.05) is 19.6 Å². The molecule has 0 bridgehead atoms. The Balaban J connectivity index is 1.43. The fraction of sp³-hybridized carbons (Fsp3) is 0.318. The van der Waals surface area contributed by atoms with E-state index < -0.39 is 33.5 Å². The number of halogens is 4. The highest BCUT2D eigenvalue weighted by Crippen LogP contribution is 2.35. The number of carbonyl (C=O) groups excluding carboxylic acids is 1. The van der Waals surface area contributed by atoms with Gasteiger partial charge in [0.1, 0.15) is 17.3 Å². The number of sulfonamides is 1. The molecule has 0 N–H and O–H groups in total. The van der Waals surface area contributed by atoms with E-state index >= 15 is 0 Å². The maximum atomic E-state index is 13.8. The fourth-order valence-corrected chi connectivity index (χ4v) is 4.86. The maximum Gasteiger partial charge on any atom is 0.419 e. The minimum absolute atomic E-state index is 0.0813. The number of benzene rings is 2. The summed E-state index contributed by atoms with van der Waals surface area (Å²) in [7, 11) is -3.54. The van der Waals surface area contributed by atoms with E-state index in [0.717, 1.165) is 22.6 Å². The van der Waals surface area contributed by atoms with E-state index in [4.69, 9.17) is 4.74 Å². The predicted molar refractivity (Wildman–Crippen MR) is 111 cm³/mol. The highest BCUT2D eigenvalue weighted by atomic mass is 32.2. The molecular formula is C22H20F4N2O4S. The molecule has 0 atom stereocenters. The van der Waals surface area contributed by atoms with Crippen LogP contribution in [0.15, 0.2) is 48.4 Å². The van der Waals surface area contributed by atoms with Crippen molar-refractivity contribution in [3.8, 4) is 11.5 Å². The van der Waals surface area contributed by atoms with Crippen LogP contribution in [0.5, 0.6) is 11.5 Å². The van der Waals surface area contributed by atoms with Gasteiger partial charge in [0.05, 0.1) is 11.5 Å². The normalized spacial score (nSPS) is 17.3. The summed E-state index contributed by atoms with van der Waals surface area (Å²) < 4.78 is 82.2. The van der Waals surface area contributed by atoms with Gasteiger partial charge in [-0.1, -0.05) is 12.6 Å². The summed E-state index contributed by atoms with van der Waals surface area (Å²) in [4.78, 5) is 14.4. The molecule has 2 aliphatic rings. The summed E-state index contributed by atoms with van der Waals surface area (Å²) in [6.07, 6.45) is -4.20. The van der Waals surface area contributed by atoms with Crippen LogP contribution in [0.3, 0.4) is 0 Å². The number of alkyl halides is 3. The zero-order valence-corrected chi connectivity index (χ0v) is 18.1. The summed E-state index contributed by atoms with van der Waals surface area (Å²) in [5, 5.41) is 0.856. The van der Waals surface area contributed by atoms with Crippen LogP contribution in [0.25, 0.3) is 0 Å². The molecule has 6 nitrogen and oxygen atoms in total. The Morgan fingerprint density at radius 2 is 1.76 bits per heavy atom. The molecule has 0 spiro atoms. The quantitative estimate of drug-likeness (QED) is 0.604. The number of hydrogen-bond acceptors (Lipinski definition) is 4. The Labute approximate surface area is 188 Å². The third-order valence-corrected chi connectivity index (χ3v) is 7.19. The molecule has 1 amide bonds. The van der Waals surface area contributed by atoms with Crippen molar-refractivity contribution in [3.63, 3.8) is 0 Å². The lowest BCUT2D eigenvalue weighted by atomic mass is 9.96. The smallest absolute Gasteiger partial charge is 0.419 e. The van der Waals surface area contributed by atoms with Crippen molar-refractivity contribution in [3.05, 3.63) is 70.9 Å². The van der Waals surface area contributed by atoms with Crippen molar-refractivity contribution in [2.45, 2.75) is 19.1 Å². The van der Waals surface area contributed by atoms with Crippen LogP contribution in [0, 0.1) is 11.7 Å². The number of nitrogens with zero attached hydrogens (tertiary/aromatic N) is 2. The van der Waals surface area contributed by atoms with Crippen molar-refractivity contribution in [2.24, 2.45) is 5.92 Å². The van der Waals surface area contributed by atoms with Gasteiger partial charge in [0.2, 0.25) is 15.9 Å². The molecule has 2 aromatic rings. The topological polar surface area (TPSA) is 66.9 Å². The number of hydrogen-bond donors (Lipinski definition) is 0. The molecule has 0 aliphatic carbocycles. The predicted octanol–water partition coefficient (Wildman–Crippen LogP) is 3.93. The first kappa shape index (κ1) is 23.2. The van der Waals surface area contributed by atoms with Gasteiger partial charge in [0.15, 0.2) is 0 Å². The van der Waals surface area contributed by atoms with Crippen LogP contribution in [0.1, 0.15) is 16.7 Å². The molecule has 2 heterocycles. The SMILES string of the molecule is C=CS(=O)(=O)N1CC(C(=O)N2CCc3ccc(Oc4ccc(C(F)(F)F)c(F)c4)cc3C2)C1. The van der Waals surface area contributed by atoms with Gasteiger partial charge in [-0.2, -0.15) is 17.5 Å². The van der Waals surface area contributed by atoms with Crippen molar-refractivity contribution in [1.29, 1.82) is 0 Å². The molecule has 1 fully saturated rings. The molecule has 0 aromatic heterocycles. The van der Waals surface area contributed by atoms with Crippen LogP contribution in [-0.4, -0.2) is 43.2 Å². The summed E-state index contributed by atoms with van der Waals surface area (Å²) in [6.45, 7) is 4.27. The first-order chi connectivity index (χ1) is 15.5. The Kier molecular flexibility index (Phi) is 5.95. The van der Waals surface area contributed by atoms with Gasteiger partial charge in [-0.3, -0.25) is 4.79 Å². The Bertz CT molecular complexity index is 1210. The molecule has 176 valence electrons. The van der Waals surface area contributed by atoms with Gasteiger partial charge in [0, 0.05) is 37.7 Å². The molecule has 2 aliphatic heterocycles. The molecule has 0 unspecified atom stereocenters. The largest absolute Gasteiger partial charge is 0.457 e. The van der Waals surface area contributed by atoms with Crippen LogP contribution >= 0.6 is 0 Å². The van der Waals surface area contributed by atoms with E-state index in [1.165, 1.54) is 4.31 Å². The third-order valence-electron chi connectivity index (χ3n) is 5.75. The van der Waals surface area contributed by atoms with Crippen LogP contribution < -0.4 is 4.74 Å². The second-order valence-corrected chi connectivity index (χ2v) is 9.79. The molecule has 2 aromatic carbocycles. The summed E-state index contributed by atoms with van der Waals surface area (Å²) in [6, 6.07) is 7.45. The van der Waals surface area contributed by atoms with Crippen molar-refractivity contribution < 1.29 is 35.5 Å². The Morgan fingerprint density at radius 1 is 1.09 bits per heavy atom. The monoisotopic (exact) mass is 484 g/mol. The van der Waals surface area contributed by atoms with Crippen molar-refractivity contribution >= 4 is 15.9 Å². The average Bonchev–Trinajstić information content (AvgIpc) is 2.71. The van der Waals surface area contributed by atoms with E-state index in [1.807, 2.05) is 0 Å². The van der Waals surface area contributed by atoms with Gasteiger partial charge in [-0.15, -0.1) is 0 Å². The van der Waals surface area contributed by atoms with Gasteiger partial charge in [-0.25, -0.2) is 12.8 Å². The van der Waals surface area contributed by atoms with Crippen molar-refractivity contribution in [1.82, 2.24) is 9.21 Å². The number of amides is 1. The van der Waals surface area contributed by atoms with Crippen LogP contribution in [-0.2, 0) is 34.0 Å². The van der Waals surface area contributed by atoms with E-state index in [1.54, 1.807) is 23.1 Å². The highest BCUT2D eigenvalue weighted by molar-refractivity contribution is 7.92. The second-order valence-electron chi connectivity index (χ2n) is 7.91. The molecule has 33 heavy (non-hydrogen) atoms. The zero-order valence-electron chi connectivity index (χ0n) is 17.3. The van der Waals surface area contributed by atoms with Crippen LogP contribution in [0.4, 0.5) is 17.6 Å². The van der Waals surface area contributed by atoms with Gasteiger partial charge in [0.25, 0.3) is 0 Å². The lowest BCUT2D eigenvalue weighted by Crippen LogP contribution is -2.56. The van der Waals surface area contributed by atoms with Gasteiger partial charge >= 0.3 is 6.18 Å². The minimum atomic E-state index is -4.79. The summed E-state index contributed by atoms with van der Waals surface area (Å²) >= 11 is 0. The average molecular weight is 484 g/mol. The summed E-state index contributed by atoms with van der Waals surface area (Å²) in [5.41, 5.74) is 0.425. The third kappa shape index (κ3) is 4.74. The fourth-order valence-electron chi connectivity index (χ4n) is 3.88. The number of carbonyl (C=O) groups is 1. The van der Waals surface area contributed by atoms with E-state index in [-0.39, 0.29) is 31.3 Å². The Morgan fingerprint density at radius 3 is 2.39 bits per heavy atom. The van der Waals surface area contributed by atoms with E-state index in [9.17, 15) is 30.8 Å². The number of fused-ring (bicyclic) bond motifs is 1. The molecule has 11 heteroatoms. The van der Waals surface area contributed by atoms with Crippen LogP contribution in [0.2, 0.25) is 0 Å². The minimum Gasteiger partial charge on any atom is -0.457 e. The maximum absolute atomic E-state index is 13.8. The second kappa shape index (κ2) is 8.45. The van der Waals surface area contributed by atoms with Gasteiger partial charge in [-0.05, 0) is 41.8 Å². The van der Waals surface area contributed by atoms with E-state index in [0.29, 0.717) is 30.8 Å². The van der Waals surface area contributed by atoms with E-state index in [2.05, 4.69) is 6.58 Å². The zero-order chi connectivity index (χ0) is 24.0. The first-order valence-electron chi connectivity index (χ1n) is 10.1. The molecule has 0 saturated carbocycles. The highest BCUT2D eigenvalue weighted by Gasteiger charge is 2.41. The number of ether oxygens (including phenoxy) is 1. The lowest BCUT2D eigenvalue weighted by Gasteiger charge is -2.40. The molecular weight excluding hydrogens is 464 g/mol. The summed E-state index contributed by atoms with van der Waals surface area (Å²) in [5.74, 6) is -1.78. The Hall–Kier alpha value is -2.92. The first-order valence-corrected chi connectivity index (χ1v) is 11.6. The molecule has 0 radical (unpaired) electrons. The number of rotatable bonds is 5. The molecule has 1 saturated heterocycles.